The molecule has 96 valence electrons. The van der Waals surface area contributed by atoms with E-state index in [0.29, 0.717) is 0 Å². The number of hydrogen-bond donors (Lipinski definition) is 2. The van der Waals surface area contributed by atoms with E-state index in [9.17, 15) is 14.7 Å². The van der Waals surface area contributed by atoms with Crippen molar-refractivity contribution in [2.24, 2.45) is 5.41 Å². The summed E-state index contributed by atoms with van der Waals surface area (Å²) in [6, 6.07) is 2.77. The molecule has 0 atom stereocenters. The Morgan fingerprint density at radius 3 is 2.39 bits per heavy atom. The third-order valence-electron chi connectivity index (χ3n) is 2.29. The van der Waals surface area contributed by atoms with E-state index in [2.05, 4.69) is 4.98 Å². The Morgan fingerprint density at radius 1 is 1.28 bits per heavy atom. The minimum Gasteiger partial charge on any atom is -0.506 e. The third-order valence-corrected chi connectivity index (χ3v) is 2.29. The molecule has 5 nitrogen and oxygen atoms in total. The summed E-state index contributed by atoms with van der Waals surface area (Å²) in [7, 11) is 0. The molecule has 0 bridgehead atoms. The van der Waals surface area contributed by atoms with Gasteiger partial charge in [0.05, 0.1) is 5.56 Å². The quantitative estimate of drug-likeness (QED) is 0.634. The molecule has 2 N–H and O–H groups in total. The van der Waals surface area contributed by atoms with Gasteiger partial charge in [-0.2, -0.15) is 0 Å². The molecule has 0 aliphatic heterocycles. The Bertz CT molecular complexity index is 512. The van der Waals surface area contributed by atoms with Crippen molar-refractivity contribution >= 4 is 17.5 Å². The topological polar surface area (TPSA) is 87.5 Å². The largest absolute Gasteiger partial charge is 0.506 e. The highest BCUT2D eigenvalue weighted by Gasteiger charge is 2.21. The Labute approximate surface area is 105 Å². The second kappa shape index (κ2) is 5.00. The number of allylic oxidation sites excluding steroid dienone is 1. The molecule has 0 aromatic carbocycles. The lowest BCUT2D eigenvalue weighted by atomic mass is 9.90. The van der Waals surface area contributed by atoms with Gasteiger partial charge in [0.2, 0.25) is 0 Å². The number of nitrogens with zero attached hydrogens (tertiary/aromatic N) is 1. The van der Waals surface area contributed by atoms with Gasteiger partial charge in [0.15, 0.2) is 5.78 Å². The zero-order valence-corrected chi connectivity index (χ0v) is 10.5. The lowest BCUT2D eigenvalue weighted by Crippen LogP contribution is -2.18. The highest BCUT2D eigenvalue weighted by Crippen LogP contribution is 2.20. The summed E-state index contributed by atoms with van der Waals surface area (Å²) in [6.45, 7) is 5.11. The first-order valence-corrected chi connectivity index (χ1v) is 5.37. The molecule has 0 radical (unpaired) electrons. The van der Waals surface area contributed by atoms with Gasteiger partial charge in [-0.15, -0.1) is 0 Å². The molecule has 18 heavy (non-hydrogen) atoms. The maximum Gasteiger partial charge on any atom is 0.338 e. The summed E-state index contributed by atoms with van der Waals surface area (Å²) in [5.74, 6) is -1.95. The third kappa shape index (κ3) is 3.16. The van der Waals surface area contributed by atoms with E-state index < -0.39 is 17.1 Å². The number of aromatic carboxylic acids is 1. The van der Waals surface area contributed by atoms with Gasteiger partial charge in [-0.1, -0.05) is 20.8 Å². The van der Waals surface area contributed by atoms with Crippen LogP contribution in [0.15, 0.2) is 24.4 Å². The number of aliphatic hydroxyl groups is 1. The summed E-state index contributed by atoms with van der Waals surface area (Å²) in [5.41, 5.74) is -0.901. The van der Waals surface area contributed by atoms with E-state index in [-0.39, 0.29) is 17.0 Å². The summed E-state index contributed by atoms with van der Waals surface area (Å²) in [4.78, 5) is 26.4. The zero-order chi connectivity index (χ0) is 13.9. The van der Waals surface area contributed by atoms with Gasteiger partial charge in [-0.05, 0) is 12.1 Å². The molecule has 1 aromatic heterocycles. The van der Waals surface area contributed by atoms with Crippen LogP contribution >= 0.6 is 0 Å². The van der Waals surface area contributed by atoms with Crippen LogP contribution in [0.4, 0.5) is 0 Å². The molecular formula is C13H15NO4. The van der Waals surface area contributed by atoms with Crippen molar-refractivity contribution in [2.45, 2.75) is 20.8 Å². The first-order valence-electron chi connectivity index (χ1n) is 5.37. The molecule has 0 aliphatic rings. The average Bonchev–Trinajstić information content (AvgIpc) is 2.27. The number of pyridine rings is 1. The number of carbonyl (C=O) groups excluding carboxylic acids is 1. The van der Waals surface area contributed by atoms with Gasteiger partial charge in [0.25, 0.3) is 0 Å². The number of hydrogen-bond acceptors (Lipinski definition) is 4. The van der Waals surface area contributed by atoms with Crippen LogP contribution in [0.5, 0.6) is 0 Å². The Kier molecular flexibility index (Phi) is 3.86. The smallest absolute Gasteiger partial charge is 0.338 e. The SMILES string of the molecule is CC(C)(C)C(=O)/C=C(\O)c1ncccc1C(=O)O. The molecular weight excluding hydrogens is 234 g/mol. The molecule has 5 heteroatoms. The highest BCUT2D eigenvalue weighted by atomic mass is 16.4. The molecule has 0 amide bonds. The van der Waals surface area contributed by atoms with Crippen molar-refractivity contribution < 1.29 is 19.8 Å². The monoisotopic (exact) mass is 249 g/mol. The predicted molar refractivity (Wildman–Crippen MR) is 66.3 cm³/mol. The molecule has 0 saturated heterocycles. The van der Waals surface area contributed by atoms with Crippen molar-refractivity contribution in [3.8, 4) is 0 Å². The molecule has 0 fully saturated rings. The molecule has 1 heterocycles. The fourth-order valence-corrected chi connectivity index (χ4v) is 1.19. The van der Waals surface area contributed by atoms with Crippen molar-refractivity contribution in [1.82, 2.24) is 4.98 Å². The summed E-state index contributed by atoms with van der Waals surface area (Å²) in [6.07, 6.45) is 2.36. The van der Waals surface area contributed by atoms with Gasteiger partial charge < -0.3 is 10.2 Å². The number of ketones is 1. The number of carboxylic acids is 1. The van der Waals surface area contributed by atoms with E-state index >= 15 is 0 Å². The number of carbonyl (C=O) groups is 2. The summed E-state index contributed by atoms with van der Waals surface area (Å²) >= 11 is 0. The first kappa shape index (κ1) is 13.9. The lowest BCUT2D eigenvalue weighted by Gasteiger charge is -2.13. The van der Waals surface area contributed by atoms with Crippen LogP contribution < -0.4 is 0 Å². The van der Waals surface area contributed by atoms with Crippen LogP contribution in [0.1, 0.15) is 36.8 Å². The molecule has 0 aliphatic carbocycles. The maximum absolute atomic E-state index is 11.7. The van der Waals surface area contributed by atoms with Gasteiger partial charge >= 0.3 is 5.97 Å². The lowest BCUT2D eigenvalue weighted by molar-refractivity contribution is -0.121. The maximum atomic E-state index is 11.7. The fraction of sp³-hybridized carbons (Fsp3) is 0.308. The highest BCUT2D eigenvalue weighted by molar-refractivity contribution is 6.00. The van der Waals surface area contributed by atoms with E-state index in [1.807, 2.05) is 0 Å². The van der Waals surface area contributed by atoms with Crippen molar-refractivity contribution in [3.05, 3.63) is 35.7 Å². The Hall–Kier alpha value is -2.17. The minimum atomic E-state index is -1.21. The molecule has 0 saturated carbocycles. The van der Waals surface area contributed by atoms with Crippen LogP contribution in [0.25, 0.3) is 5.76 Å². The molecule has 1 aromatic rings. The van der Waals surface area contributed by atoms with Crippen LogP contribution in [0, 0.1) is 5.41 Å². The summed E-state index contributed by atoms with van der Waals surface area (Å²) < 4.78 is 0. The van der Waals surface area contributed by atoms with Crippen LogP contribution in [-0.2, 0) is 4.79 Å². The fourth-order valence-electron chi connectivity index (χ4n) is 1.19. The second-order valence-corrected chi connectivity index (χ2v) is 4.85. The van der Waals surface area contributed by atoms with Gasteiger partial charge in [-0.25, -0.2) is 4.79 Å². The number of rotatable bonds is 3. The van der Waals surface area contributed by atoms with Gasteiger partial charge in [-0.3, -0.25) is 9.78 Å². The summed E-state index contributed by atoms with van der Waals surface area (Å²) in [5, 5.41) is 18.7. The zero-order valence-electron chi connectivity index (χ0n) is 10.5. The predicted octanol–water partition coefficient (Wildman–Crippen LogP) is 2.29. The van der Waals surface area contributed by atoms with Crippen LogP contribution in [0.3, 0.4) is 0 Å². The Balaban J connectivity index is 3.20. The van der Waals surface area contributed by atoms with E-state index in [0.717, 1.165) is 6.08 Å². The minimum absolute atomic E-state index is 0.109. The Morgan fingerprint density at radius 2 is 1.89 bits per heavy atom. The normalized spacial score (nSPS) is 12.3. The van der Waals surface area contributed by atoms with E-state index in [4.69, 9.17) is 5.11 Å². The number of aromatic nitrogens is 1. The first-order chi connectivity index (χ1) is 8.23. The van der Waals surface area contributed by atoms with Crippen molar-refractivity contribution in [1.29, 1.82) is 0 Å². The van der Waals surface area contributed by atoms with Crippen molar-refractivity contribution in [3.63, 3.8) is 0 Å². The molecule has 0 unspecified atom stereocenters. The molecule has 1 rings (SSSR count). The van der Waals surface area contributed by atoms with E-state index in [1.165, 1.54) is 18.3 Å². The van der Waals surface area contributed by atoms with Crippen LogP contribution in [0.2, 0.25) is 0 Å². The number of carboxylic acid groups (broad SMARTS) is 1. The average molecular weight is 249 g/mol. The number of aliphatic hydroxyl groups excluding tert-OH is 1. The standard InChI is InChI=1S/C13H15NO4/c1-13(2,3)10(16)7-9(15)11-8(12(17)18)5-4-6-14-11/h4-7,15H,1-3H3,(H,17,18)/b9-7-. The molecule has 0 spiro atoms. The van der Waals surface area contributed by atoms with Gasteiger partial charge in [0.1, 0.15) is 11.5 Å². The van der Waals surface area contributed by atoms with E-state index in [1.54, 1.807) is 20.8 Å². The van der Waals surface area contributed by atoms with Gasteiger partial charge in [0, 0.05) is 17.7 Å². The second-order valence-electron chi connectivity index (χ2n) is 4.85. The van der Waals surface area contributed by atoms with Crippen LogP contribution in [-0.4, -0.2) is 26.9 Å². The van der Waals surface area contributed by atoms with Crippen molar-refractivity contribution in [2.75, 3.05) is 0 Å².